The molecule has 0 bridgehead atoms. The van der Waals surface area contributed by atoms with Crippen LogP contribution in [0.15, 0.2) is 48.5 Å². The van der Waals surface area contributed by atoms with Crippen molar-refractivity contribution in [1.82, 2.24) is 5.32 Å². The fourth-order valence-electron chi connectivity index (χ4n) is 2.92. The van der Waals surface area contributed by atoms with Crippen LogP contribution in [0.1, 0.15) is 28.8 Å². The second-order valence-corrected chi connectivity index (χ2v) is 6.58. The van der Waals surface area contributed by atoms with E-state index in [-0.39, 0.29) is 18.4 Å². The van der Waals surface area contributed by atoms with Crippen LogP contribution in [0.2, 0.25) is 0 Å². The molecule has 0 radical (unpaired) electrons. The van der Waals surface area contributed by atoms with Gasteiger partial charge in [-0.25, -0.2) is 4.79 Å². The molecule has 1 saturated heterocycles. The number of hydrogen-bond acceptors (Lipinski definition) is 5. The molecule has 1 aliphatic heterocycles. The molecular formula is C21H22N2O6. The molecule has 1 fully saturated rings. The number of amides is 2. The molecular weight excluding hydrogens is 376 g/mol. The number of ether oxygens (including phenoxy) is 2. The maximum Gasteiger partial charge on any atom is 0.341 e. The molecule has 0 spiro atoms. The number of benzene rings is 2. The molecule has 2 amide bonds. The minimum Gasteiger partial charge on any atom is -0.482 e. The van der Waals surface area contributed by atoms with E-state index in [0.717, 1.165) is 12.0 Å². The lowest BCUT2D eigenvalue weighted by Gasteiger charge is -2.12. The first-order valence-electron chi connectivity index (χ1n) is 9.25. The number of carboxylic acids is 1. The van der Waals surface area contributed by atoms with Crippen molar-refractivity contribution in [3.63, 3.8) is 0 Å². The van der Waals surface area contributed by atoms with E-state index in [1.54, 1.807) is 48.5 Å². The van der Waals surface area contributed by atoms with Crippen molar-refractivity contribution < 1.29 is 29.0 Å². The topological polar surface area (TPSA) is 114 Å². The van der Waals surface area contributed by atoms with Crippen molar-refractivity contribution in [3.05, 3.63) is 59.7 Å². The van der Waals surface area contributed by atoms with Crippen molar-refractivity contribution in [1.29, 1.82) is 0 Å². The molecule has 8 heteroatoms. The molecule has 3 N–H and O–H groups in total. The van der Waals surface area contributed by atoms with Crippen molar-refractivity contribution in [3.8, 4) is 5.75 Å². The third-order valence-electron chi connectivity index (χ3n) is 4.33. The van der Waals surface area contributed by atoms with Crippen LogP contribution in [0.4, 0.5) is 5.69 Å². The Morgan fingerprint density at radius 3 is 2.72 bits per heavy atom. The summed E-state index contributed by atoms with van der Waals surface area (Å²) in [5.74, 6) is -1.15. The Morgan fingerprint density at radius 1 is 1.14 bits per heavy atom. The molecule has 1 aliphatic rings. The second kappa shape index (κ2) is 9.70. The summed E-state index contributed by atoms with van der Waals surface area (Å²) >= 11 is 0. The van der Waals surface area contributed by atoms with Crippen LogP contribution < -0.4 is 15.4 Å². The van der Waals surface area contributed by atoms with Gasteiger partial charge in [-0.15, -0.1) is 0 Å². The quantitative estimate of drug-likeness (QED) is 0.628. The van der Waals surface area contributed by atoms with Crippen LogP contribution in [0.5, 0.6) is 5.75 Å². The molecule has 1 unspecified atom stereocenters. The molecule has 1 atom stereocenters. The van der Waals surface area contributed by atoms with Crippen LogP contribution >= 0.6 is 0 Å². The third-order valence-corrected chi connectivity index (χ3v) is 4.33. The Bertz CT molecular complexity index is 892. The Labute approximate surface area is 167 Å². The number of carboxylic acid groups (broad SMARTS) is 1. The highest BCUT2D eigenvalue weighted by Crippen LogP contribution is 2.17. The highest BCUT2D eigenvalue weighted by Gasteiger charge is 2.23. The fraction of sp³-hybridized carbons (Fsp3) is 0.286. The molecule has 2 aromatic carbocycles. The van der Waals surface area contributed by atoms with Crippen molar-refractivity contribution >= 4 is 23.5 Å². The van der Waals surface area contributed by atoms with Crippen molar-refractivity contribution in [2.75, 3.05) is 18.5 Å². The highest BCUT2D eigenvalue weighted by molar-refractivity contribution is 5.98. The number of aliphatic carboxylic acids is 1. The summed E-state index contributed by atoms with van der Waals surface area (Å²) in [6, 6.07) is 13.5. The molecule has 0 aliphatic carbocycles. The lowest BCUT2D eigenvalue weighted by molar-refractivity contribution is -0.139. The average Bonchev–Trinajstić information content (AvgIpc) is 3.26. The zero-order valence-electron chi connectivity index (χ0n) is 15.7. The molecule has 152 valence electrons. The first-order valence-corrected chi connectivity index (χ1v) is 9.25. The van der Waals surface area contributed by atoms with Crippen molar-refractivity contribution in [2.24, 2.45) is 0 Å². The number of anilines is 1. The van der Waals surface area contributed by atoms with Crippen LogP contribution in [-0.2, 0) is 20.9 Å². The summed E-state index contributed by atoms with van der Waals surface area (Å²) in [5, 5.41) is 14.2. The van der Waals surface area contributed by atoms with Gasteiger partial charge in [0.1, 0.15) is 11.9 Å². The van der Waals surface area contributed by atoms with Gasteiger partial charge in [0.05, 0.1) is 0 Å². The summed E-state index contributed by atoms with van der Waals surface area (Å²) in [6.45, 7) is 0.402. The Morgan fingerprint density at radius 2 is 1.97 bits per heavy atom. The SMILES string of the molecule is O=C(O)COc1cccc(CNC(=O)c2cccc(NC(=O)C3CCCO3)c2)c1. The number of carbonyl (C=O) groups is 3. The Balaban J connectivity index is 1.56. The van der Waals surface area contributed by atoms with Gasteiger partial charge in [0.15, 0.2) is 6.61 Å². The zero-order valence-corrected chi connectivity index (χ0v) is 15.7. The molecule has 1 heterocycles. The zero-order chi connectivity index (χ0) is 20.6. The maximum atomic E-state index is 12.5. The fourth-order valence-corrected chi connectivity index (χ4v) is 2.92. The van der Waals surface area contributed by atoms with Crippen LogP contribution in [0.3, 0.4) is 0 Å². The van der Waals surface area contributed by atoms with E-state index < -0.39 is 18.7 Å². The van der Waals surface area contributed by atoms with Crippen LogP contribution in [0.25, 0.3) is 0 Å². The lowest BCUT2D eigenvalue weighted by atomic mass is 10.1. The number of hydrogen-bond donors (Lipinski definition) is 3. The minimum absolute atomic E-state index is 0.210. The molecule has 29 heavy (non-hydrogen) atoms. The summed E-state index contributed by atoms with van der Waals surface area (Å²) < 4.78 is 10.5. The average molecular weight is 398 g/mol. The standard InChI is InChI=1S/C21H22N2O6/c24-19(25)13-29-17-7-1-4-14(10-17)12-22-20(26)15-5-2-6-16(11-15)23-21(27)18-8-3-9-28-18/h1-2,4-7,10-11,18H,3,8-9,12-13H2,(H,22,26)(H,23,27)(H,24,25). The van der Waals surface area contributed by atoms with Gasteiger partial charge < -0.3 is 25.2 Å². The van der Waals surface area contributed by atoms with Gasteiger partial charge in [-0.05, 0) is 48.7 Å². The normalized spacial score (nSPS) is 15.5. The smallest absolute Gasteiger partial charge is 0.341 e. The highest BCUT2D eigenvalue weighted by atomic mass is 16.5. The van der Waals surface area contributed by atoms with E-state index in [0.29, 0.717) is 30.0 Å². The third kappa shape index (κ3) is 6.05. The summed E-state index contributed by atoms with van der Waals surface area (Å²) in [6.07, 6.45) is 1.12. The molecule has 0 saturated carbocycles. The van der Waals surface area contributed by atoms with Gasteiger partial charge in [0.25, 0.3) is 11.8 Å². The molecule has 0 aromatic heterocycles. The molecule has 8 nitrogen and oxygen atoms in total. The lowest BCUT2D eigenvalue weighted by Crippen LogP contribution is -2.27. The number of rotatable bonds is 8. The van der Waals surface area contributed by atoms with E-state index in [1.165, 1.54) is 0 Å². The van der Waals surface area contributed by atoms with Gasteiger partial charge in [-0.1, -0.05) is 18.2 Å². The van der Waals surface area contributed by atoms with Gasteiger partial charge >= 0.3 is 5.97 Å². The molecule has 3 rings (SSSR count). The Hall–Kier alpha value is -3.39. The molecule has 2 aromatic rings. The van der Waals surface area contributed by atoms with Crippen molar-refractivity contribution in [2.45, 2.75) is 25.5 Å². The van der Waals surface area contributed by atoms with Gasteiger partial charge in [-0.2, -0.15) is 0 Å². The summed E-state index contributed by atoms with van der Waals surface area (Å²) in [5.41, 5.74) is 1.71. The predicted octanol–water partition coefficient (Wildman–Crippen LogP) is 2.20. The van der Waals surface area contributed by atoms with E-state index in [1.807, 2.05) is 0 Å². The maximum absolute atomic E-state index is 12.5. The van der Waals surface area contributed by atoms with E-state index in [9.17, 15) is 14.4 Å². The van der Waals surface area contributed by atoms with Gasteiger partial charge in [0.2, 0.25) is 0 Å². The first-order chi connectivity index (χ1) is 14.0. The monoisotopic (exact) mass is 398 g/mol. The summed E-state index contributed by atoms with van der Waals surface area (Å²) in [4.78, 5) is 35.2. The largest absolute Gasteiger partial charge is 0.482 e. The van der Waals surface area contributed by atoms with Crippen LogP contribution in [0, 0.1) is 0 Å². The number of nitrogens with one attached hydrogen (secondary N) is 2. The van der Waals surface area contributed by atoms with Gasteiger partial charge in [0, 0.05) is 24.4 Å². The minimum atomic E-state index is -1.06. The van der Waals surface area contributed by atoms with Gasteiger partial charge in [-0.3, -0.25) is 9.59 Å². The second-order valence-electron chi connectivity index (χ2n) is 6.58. The summed E-state index contributed by atoms with van der Waals surface area (Å²) in [7, 11) is 0. The number of carbonyl (C=O) groups excluding carboxylic acids is 2. The predicted molar refractivity (Wildman–Crippen MR) is 105 cm³/mol. The Kier molecular flexibility index (Phi) is 6.80. The van der Waals surface area contributed by atoms with Crippen LogP contribution in [-0.4, -0.2) is 42.2 Å². The van der Waals surface area contributed by atoms with E-state index >= 15 is 0 Å². The van der Waals surface area contributed by atoms with E-state index in [2.05, 4.69) is 10.6 Å². The van der Waals surface area contributed by atoms with E-state index in [4.69, 9.17) is 14.6 Å². The first kappa shape index (κ1) is 20.3.